The van der Waals surface area contributed by atoms with Gasteiger partial charge in [-0.2, -0.15) is 0 Å². The molecule has 0 fully saturated rings. The van der Waals surface area contributed by atoms with Gasteiger partial charge in [0.1, 0.15) is 0 Å². The normalized spacial score (nSPS) is 8.38. The summed E-state index contributed by atoms with van der Waals surface area (Å²) in [7, 11) is 0. The van der Waals surface area contributed by atoms with E-state index in [1.165, 1.54) is 6.92 Å². The first-order valence-electron chi connectivity index (χ1n) is 3.65. The molecule has 1 rings (SSSR count). The smallest absolute Gasteiger partial charge is 0.0768 e. The van der Waals surface area contributed by atoms with E-state index < -0.39 is 0 Å². The van der Waals surface area contributed by atoms with E-state index in [-0.39, 0.29) is 28.1 Å². The van der Waals surface area contributed by atoms with Crippen LogP contribution in [0.25, 0.3) is 0 Å². The van der Waals surface area contributed by atoms with Gasteiger partial charge in [0.05, 0.1) is 5.78 Å². The van der Waals surface area contributed by atoms with E-state index in [1.54, 1.807) is 24.3 Å². The molecule has 0 aliphatic heterocycles. The first-order valence-corrected chi connectivity index (χ1v) is 3.65. The first-order chi connectivity index (χ1) is 5.70. The van der Waals surface area contributed by atoms with Crippen molar-refractivity contribution in [2.24, 2.45) is 0 Å². The van der Waals surface area contributed by atoms with Gasteiger partial charge in [-0.1, -0.05) is 18.2 Å². The van der Waals surface area contributed by atoms with Crippen LogP contribution in [-0.4, -0.2) is 11.6 Å². The molecule has 0 saturated carbocycles. The first kappa shape index (κ1) is 11.9. The van der Waals surface area contributed by atoms with Gasteiger partial charge in [0.15, 0.2) is 0 Å². The fraction of sp³-hybridized carbons (Fsp3) is 0.100. The Kier molecular flexibility index (Phi) is 5.09. The average Bonchev–Trinajstić information content (AvgIpc) is 2.05. The van der Waals surface area contributed by atoms with Crippen molar-refractivity contribution in [3.8, 4) is 0 Å². The fourth-order valence-corrected chi connectivity index (χ4v) is 0.870. The molecule has 3 heteroatoms. The number of carbonyl (C=O) groups is 2. The summed E-state index contributed by atoms with van der Waals surface area (Å²) in [5.74, 6) is -0.452. The minimum atomic E-state index is -0.233. The molecular formula is C10H9NiO2-. The summed E-state index contributed by atoms with van der Waals surface area (Å²) in [6, 6.07) is 8.72. The van der Waals surface area contributed by atoms with E-state index in [1.807, 2.05) is 6.07 Å². The summed E-state index contributed by atoms with van der Waals surface area (Å²) >= 11 is 0. The molecule has 72 valence electrons. The SMILES string of the molecule is CC(=O)[CH-]C(=O)c1ccccc1.[Ni]. The van der Waals surface area contributed by atoms with Crippen LogP contribution in [0, 0.1) is 6.42 Å². The topological polar surface area (TPSA) is 34.1 Å². The van der Waals surface area contributed by atoms with Crippen molar-refractivity contribution in [2.45, 2.75) is 6.92 Å². The van der Waals surface area contributed by atoms with Crippen molar-refractivity contribution in [1.29, 1.82) is 0 Å². The Morgan fingerprint density at radius 2 is 1.69 bits per heavy atom. The number of Topliss-reactive ketones (excluding diaryl/α,β-unsaturated/α-hetero) is 2. The number of benzene rings is 1. The second-order valence-corrected chi connectivity index (χ2v) is 2.49. The molecule has 13 heavy (non-hydrogen) atoms. The van der Waals surface area contributed by atoms with Crippen LogP contribution >= 0.6 is 0 Å². The van der Waals surface area contributed by atoms with Crippen LogP contribution < -0.4 is 0 Å². The summed E-state index contributed by atoms with van der Waals surface area (Å²) in [4.78, 5) is 21.7. The molecule has 1 aromatic rings. The molecule has 0 radical (unpaired) electrons. The summed E-state index contributed by atoms with van der Waals surface area (Å²) < 4.78 is 0. The van der Waals surface area contributed by atoms with Crippen molar-refractivity contribution in [1.82, 2.24) is 0 Å². The van der Waals surface area contributed by atoms with E-state index in [2.05, 4.69) is 0 Å². The van der Waals surface area contributed by atoms with Crippen molar-refractivity contribution in [3.63, 3.8) is 0 Å². The Morgan fingerprint density at radius 3 is 2.15 bits per heavy atom. The Bertz CT molecular complexity index is 293. The third-order valence-electron chi connectivity index (χ3n) is 1.39. The second-order valence-electron chi connectivity index (χ2n) is 2.49. The minimum absolute atomic E-state index is 0. The molecule has 0 aliphatic rings. The predicted octanol–water partition coefficient (Wildman–Crippen LogP) is 1.66. The molecule has 0 aliphatic carbocycles. The molecule has 0 heterocycles. The third-order valence-corrected chi connectivity index (χ3v) is 1.39. The Balaban J connectivity index is 0.00000144. The summed E-state index contributed by atoms with van der Waals surface area (Å²) in [6.45, 7) is 1.36. The van der Waals surface area contributed by atoms with Crippen LogP contribution in [0.3, 0.4) is 0 Å². The van der Waals surface area contributed by atoms with Gasteiger partial charge in [-0.05, 0) is 6.92 Å². The monoisotopic (exact) mass is 219 g/mol. The van der Waals surface area contributed by atoms with E-state index in [9.17, 15) is 9.59 Å². The molecule has 0 bridgehead atoms. The number of hydrogen-bond acceptors (Lipinski definition) is 2. The molecule has 0 aromatic heterocycles. The quantitative estimate of drug-likeness (QED) is 0.336. The van der Waals surface area contributed by atoms with Crippen molar-refractivity contribution in [3.05, 3.63) is 42.3 Å². The predicted molar refractivity (Wildman–Crippen MR) is 45.8 cm³/mol. The van der Waals surface area contributed by atoms with Gasteiger partial charge in [-0.3, -0.25) is 0 Å². The maximum Gasteiger partial charge on any atom is 0.0768 e. The molecule has 0 saturated heterocycles. The molecule has 0 atom stereocenters. The number of ketones is 2. The summed E-state index contributed by atoms with van der Waals surface area (Å²) in [5.41, 5.74) is 0.549. The van der Waals surface area contributed by atoms with Gasteiger partial charge in [-0.25, -0.2) is 0 Å². The molecule has 1 aromatic carbocycles. The zero-order valence-electron chi connectivity index (χ0n) is 7.10. The molecule has 0 spiro atoms. The Labute approximate surface area is 87.3 Å². The van der Waals surface area contributed by atoms with E-state index in [0.717, 1.165) is 6.42 Å². The van der Waals surface area contributed by atoms with Crippen molar-refractivity contribution in [2.75, 3.05) is 0 Å². The van der Waals surface area contributed by atoms with E-state index in [0.29, 0.717) is 5.56 Å². The Hall–Kier alpha value is -1.08. The summed E-state index contributed by atoms with van der Waals surface area (Å²) in [5, 5.41) is 0. The Morgan fingerprint density at radius 1 is 1.15 bits per heavy atom. The van der Waals surface area contributed by atoms with Gasteiger partial charge in [0, 0.05) is 22.3 Å². The van der Waals surface area contributed by atoms with Gasteiger partial charge < -0.3 is 9.59 Å². The largest absolute Gasteiger partial charge is 0.331 e. The zero-order valence-corrected chi connectivity index (χ0v) is 8.08. The van der Waals surface area contributed by atoms with E-state index >= 15 is 0 Å². The molecule has 2 nitrogen and oxygen atoms in total. The van der Waals surface area contributed by atoms with Crippen molar-refractivity contribution < 1.29 is 26.1 Å². The van der Waals surface area contributed by atoms with Crippen LogP contribution in [0.5, 0.6) is 0 Å². The van der Waals surface area contributed by atoms with Crippen molar-refractivity contribution >= 4 is 11.6 Å². The molecule has 0 unspecified atom stereocenters. The van der Waals surface area contributed by atoms with Crippen LogP contribution in [0.1, 0.15) is 17.3 Å². The number of rotatable bonds is 3. The maximum atomic E-state index is 11.2. The maximum absolute atomic E-state index is 11.2. The van der Waals surface area contributed by atoms with Crippen LogP contribution in [-0.2, 0) is 21.3 Å². The molecule has 0 amide bonds. The van der Waals surface area contributed by atoms with Gasteiger partial charge in [0.2, 0.25) is 0 Å². The standard InChI is InChI=1S/C10H9O2.Ni/c1-8(11)7-10(12)9-5-3-2-4-6-9;/h2-7H,1H3;/q-1;. The van der Waals surface area contributed by atoms with Gasteiger partial charge in [-0.15, -0.1) is 24.1 Å². The van der Waals surface area contributed by atoms with Crippen LogP contribution in [0.15, 0.2) is 30.3 Å². The van der Waals surface area contributed by atoms with Crippen LogP contribution in [0.4, 0.5) is 0 Å². The number of hydrogen-bond donors (Lipinski definition) is 0. The van der Waals surface area contributed by atoms with Gasteiger partial charge >= 0.3 is 0 Å². The van der Waals surface area contributed by atoms with Gasteiger partial charge in [0.25, 0.3) is 0 Å². The van der Waals surface area contributed by atoms with E-state index in [4.69, 9.17) is 0 Å². The second kappa shape index (κ2) is 5.55. The van der Waals surface area contributed by atoms with Crippen LogP contribution in [0.2, 0.25) is 0 Å². The molecular weight excluding hydrogens is 211 g/mol. The number of carbonyl (C=O) groups excluding carboxylic acids is 2. The fourth-order valence-electron chi connectivity index (χ4n) is 0.870. The third kappa shape index (κ3) is 3.91. The minimum Gasteiger partial charge on any atom is -0.331 e. The summed E-state index contributed by atoms with van der Waals surface area (Å²) in [6.07, 6.45) is 1.09. The molecule has 0 N–H and O–H groups in total. The zero-order chi connectivity index (χ0) is 8.97. The average molecular weight is 220 g/mol.